The second-order valence-electron chi connectivity index (χ2n) is 10.6. The maximum Gasteiger partial charge on any atom is 0.242 e. The molecular weight excluding hydrogens is 490 g/mol. The van der Waals surface area contributed by atoms with Crippen molar-refractivity contribution in [3.05, 3.63) is 77.9 Å². The first kappa shape index (κ1) is 28.2. The largest absolute Gasteiger partial charge is 0.493 e. The summed E-state index contributed by atoms with van der Waals surface area (Å²) < 4.78 is 6.14. The molecule has 3 heterocycles. The minimum atomic E-state index is -1.13. The summed E-state index contributed by atoms with van der Waals surface area (Å²) in [7, 11) is 1.72. The summed E-state index contributed by atoms with van der Waals surface area (Å²) in [4.78, 5) is 40.5. The van der Waals surface area contributed by atoms with Gasteiger partial charge < -0.3 is 14.5 Å². The van der Waals surface area contributed by atoms with E-state index in [4.69, 9.17) is 4.74 Å². The molecule has 1 aliphatic rings. The molecule has 8 nitrogen and oxygen atoms in total. The van der Waals surface area contributed by atoms with Crippen LogP contribution in [0.4, 0.5) is 11.4 Å². The van der Waals surface area contributed by atoms with E-state index in [2.05, 4.69) is 33.1 Å². The van der Waals surface area contributed by atoms with Crippen LogP contribution < -0.4 is 14.5 Å². The standard InChI is InChI=1S/C31H39N5O3/c1-6-36-27-11-10-26(20-28(27)34(5)29(37)31(3,4)30(36)38)39-18-8-16-35(17-13-24-9-7-14-32-21-24)22-25-12-15-33-23(2)19-25/h7,9-12,14-15,19-21H,6,8,13,16-18,22H2,1-5H3. The number of anilines is 2. The van der Waals surface area contributed by atoms with E-state index < -0.39 is 5.41 Å². The highest BCUT2D eigenvalue weighted by Crippen LogP contribution is 2.40. The Morgan fingerprint density at radius 2 is 1.79 bits per heavy atom. The van der Waals surface area contributed by atoms with Crippen molar-refractivity contribution in [2.75, 3.05) is 43.1 Å². The van der Waals surface area contributed by atoms with E-state index in [1.165, 1.54) is 11.1 Å². The number of pyridine rings is 2. The fourth-order valence-corrected chi connectivity index (χ4v) is 5.01. The fraction of sp³-hybridized carbons (Fsp3) is 0.419. The third-order valence-electron chi connectivity index (χ3n) is 7.23. The predicted octanol–water partition coefficient (Wildman–Crippen LogP) is 4.65. The van der Waals surface area contributed by atoms with Gasteiger partial charge in [0.25, 0.3) is 0 Å². The van der Waals surface area contributed by atoms with E-state index in [-0.39, 0.29) is 11.8 Å². The van der Waals surface area contributed by atoms with E-state index in [1.807, 2.05) is 50.5 Å². The molecule has 1 aliphatic heterocycles. The van der Waals surface area contributed by atoms with Crippen molar-refractivity contribution < 1.29 is 14.3 Å². The smallest absolute Gasteiger partial charge is 0.242 e. The first-order chi connectivity index (χ1) is 18.7. The number of rotatable bonds is 11. The molecule has 0 bridgehead atoms. The number of ether oxygens (including phenoxy) is 1. The molecule has 0 saturated carbocycles. The first-order valence-electron chi connectivity index (χ1n) is 13.6. The molecule has 0 radical (unpaired) electrons. The van der Waals surface area contributed by atoms with Gasteiger partial charge in [0.15, 0.2) is 0 Å². The number of aryl methyl sites for hydroxylation is 1. The summed E-state index contributed by atoms with van der Waals surface area (Å²) >= 11 is 0. The number of nitrogens with zero attached hydrogens (tertiary/aromatic N) is 5. The van der Waals surface area contributed by atoms with Crippen LogP contribution in [0.3, 0.4) is 0 Å². The topological polar surface area (TPSA) is 78.9 Å². The second kappa shape index (κ2) is 12.4. The van der Waals surface area contributed by atoms with Gasteiger partial charge in [-0.3, -0.25) is 24.5 Å². The first-order valence-corrected chi connectivity index (χ1v) is 13.6. The number of amides is 2. The molecule has 0 unspecified atom stereocenters. The lowest BCUT2D eigenvalue weighted by Gasteiger charge is -2.27. The van der Waals surface area contributed by atoms with Crippen molar-refractivity contribution in [1.29, 1.82) is 0 Å². The summed E-state index contributed by atoms with van der Waals surface area (Å²) in [6.45, 7) is 11.0. The third kappa shape index (κ3) is 6.63. The Morgan fingerprint density at radius 1 is 0.974 bits per heavy atom. The second-order valence-corrected chi connectivity index (χ2v) is 10.6. The summed E-state index contributed by atoms with van der Waals surface area (Å²) in [5.74, 6) is 0.269. The maximum atomic E-state index is 13.1. The Hall–Kier alpha value is -3.78. The fourth-order valence-electron chi connectivity index (χ4n) is 5.01. The molecule has 39 heavy (non-hydrogen) atoms. The molecule has 3 aromatic rings. The van der Waals surface area contributed by atoms with Crippen LogP contribution in [0, 0.1) is 12.3 Å². The number of hydrogen-bond acceptors (Lipinski definition) is 6. The normalized spacial score (nSPS) is 14.9. The predicted molar refractivity (Wildman–Crippen MR) is 154 cm³/mol. The summed E-state index contributed by atoms with van der Waals surface area (Å²) in [6, 6.07) is 13.9. The molecule has 0 atom stereocenters. The molecule has 0 aliphatic carbocycles. The van der Waals surface area contributed by atoms with Gasteiger partial charge in [0.1, 0.15) is 11.2 Å². The molecule has 206 valence electrons. The Kier molecular flexibility index (Phi) is 8.97. The summed E-state index contributed by atoms with van der Waals surface area (Å²) in [5.41, 5.74) is 3.76. The van der Waals surface area contributed by atoms with E-state index in [0.717, 1.165) is 43.9 Å². The lowest BCUT2D eigenvalue weighted by molar-refractivity contribution is -0.137. The molecule has 2 amide bonds. The van der Waals surface area contributed by atoms with Gasteiger partial charge in [-0.05, 0) is 82.0 Å². The van der Waals surface area contributed by atoms with Gasteiger partial charge in [0.05, 0.1) is 18.0 Å². The Balaban J connectivity index is 1.41. The van der Waals surface area contributed by atoms with Gasteiger partial charge in [-0.25, -0.2) is 0 Å². The van der Waals surface area contributed by atoms with Crippen LogP contribution in [-0.2, 0) is 22.6 Å². The highest BCUT2D eigenvalue weighted by molar-refractivity contribution is 6.20. The third-order valence-corrected chi connectivity index (χ3v) is 7.23. The quantitative estimate of drug-likeness (QED) is 0.266. The molecule has 1 aromatic carbocycles. The minimum absolute atomic E-state index is 0.190. The molecule has 2 aromatic heterocycles. The van der Waals surface area contributed by atoms with Gasteiger partial charge in [0, 0.05) is 63.6 Å². The number of benzene rings is 1. The van der Waals surface area contributed by atoms with Crippen molar-refractivity contribution in [2.45, 2.75) is 47.1 Å². The molecule has 0 spiro atoms. The monoisotopic (exact) mass is 529 g/mol. The van der Waals surface area contributed by atoms with Crippen LogP contribution in [0.1, 0.15) is 44.0 Å². The van der Waals surface area contributed by atoms with Crippen LogP contribution in [-0.4, -0.2) is 60.0 Å². The number of carbonyl (C=O) groups excluding carboxylic acids is 2. The molecule has 0 fully saturated rings. The van der Waals surface area contributed by atoms with E-state index in [0.29, 0.717) is 24.6 Å². The zero-order valence-electron chi connectivity index (χ0n) is 23.7. The van der Waals surface area contributed by atoms with Crippen molar-refractivity contribution >= 4 is 23.2 Å². The van der Waals surface area contributed by atoms with Crippen molar-refractivity contribution in [3.63, 3.8) is 0 Å². The van der Waals surface area contributed by atoms with Crippen LogP contribution in [0.25, 0.3) is 0 Å². The van der Waals surface area contributed by atoms with Gasteiger partial charge in [-0.2, -0.15) is 0 Å². The summed E-state index contributed by atoms with van der Waals surface area (Å²) in [5, 5.41) is 0. The van der Waals surface area contributed by atoms with Crippen LogP contribution in [0.15, 0.2) is 61.1 Å². The van der Waals surface area contributed by atoms with Gasteiger partial charge in [-0.15, -0.1) is 0 Å². The summed E-state index contributed by atoms with van der Waals surface area (Å²) in [6.07, 6.45) is 7.35. The molecule has 0 saturated heterocycles. The van der Waals surface area contributed by atoms with Crippen molar-refractivity contribution in [1.82, 2.24) is 14.9 Å². The van der Waals surface area contributed by atoms with E-state index >= 15 is 0 Å². The zero-order chi connectivity index (χ0) is 28.0. The Labute approximate surface area is 231 Å². The lowest BCUT2D eigenvalue weighted by atomic mass is 9.90. The Morgan fingerprint density at radius 3 is 2.51 bits per heavy atom. The van der Waals surface area contributed by atoms with Crippen LogP contribution in [0.5, 0.6) is 5.75 Å². The average molecular weight is 530 g/mol. The minimum Gasteiger partial charge on any atom is -0.493 e. The van der Waals surface area contributed by atoms with Crippen LogP contribution in [0.2, 0.25) is 0 Å². The lowest BCUT2D eigenvalue weighted by Crippen LogP contribution is -2.47. The molecular formula is C31H39N5O3. The molecule has 4 rings (SSSR count). The van der Waals surface area contributed by atoms with Gasteiger partial charge >= 0.3 is 0 Å². The number of fused-ring (bicyclic) bond motifs is 1. The number of hydrogen-bond donors (Lipinski definition) is 0. The van der Waals surface area contributed by atoms with Gasteiger partial charge in [-0.1, -0.05) is 6.07 Å². The van der Waals surface area contributed by atoms with E-state index in [9.17, 15) is 9.59 Å². The maximum absolute atomic E-state index is 13.1. The Bertz CT molecular complexity index is 1290. The molecule has 8 heteroatoms. The highest BCUT2D eigenvalue weighted by Gasteiger charge is 2.45. The highest BCUT2D eigenvalue weighted by atomic mass is 16.5. The molecule has 0 N–H and O–H groups in total. The number of aromatic nitrogens is 2. The SMILES string of the molecule is CCN1C(=O)C(C)(C)C(=O)N(C)c2cc(OCCCN(CCc3cccnc3)Cc3ccnc(C)c3)ccc21. The average Bonchev–Trinajstić information content (AvgIpc) is 2.98. The zero-order valence-corrected chi connectivity index (χ0v) is 23.7. The van der Waals surface area contributed by atoms with E-state index in [1.54, 1.807) is 36.9 Å². The van der Waals surface area contributed by atoms with Crippen molar-refractivity contribution in [2.24, 2.45) is 5.41 Å². The van der Waals surface area contributed by atoms with Crippen molar-refractivity contribution in [3.8, 4) is 5.75 Å². The van der Waals surface area contributed by atoms with Crippen LogP contribution >= 0.6 is 0 Å². The number of carbonyl (C=O) groups is 2. The van der Waals surface area contributed by atoms with Gasteiger partial charge in [0.2, 0.25) is 11.8 Å².